The van der Waals surface area contributed by atoms with Crippen molar-refractivity contribution in [2.75, 3.05) is 13.4 Å². The first kappa shape index (κ1) is 11.6. The van der Waals surface area contributed by atoms with Crippen LogP contribution in [0.1, 0.15) is 16.1 Å². The fourth-order valence-corrected chi connectivity index (χ4v) is 1.92. The number of ether oxygens (including phenoxy) is 1. The molecule has 0 unspecified atom stereocenters. The van der Waals surface area contributed by atoms with E-state index in [0.29, 0.717) is 5.56 Å². The minimum absolute atomic E-state index is 0.0467. The van der Waals surface area contributed by atoms with Gasteiger partial charge in [0.05, 0.1) is 12.9 Å². The van der Waals surface area contributed by atoms with Crippen molar-refractivity contribution in [3.63, 3.8) is 0 Å². The van der Waals surface area contributed by atoms with Crippen LogP contribution in [0.25, 0.3) is 0 Å². The van der Waals surface area contributed by atoms with E-state index in [1.807, 2.05) is 0 Å². The van der Waals surface area contributed by atoms with Gasteiger partial charge in [0.15, 0.2) is 15.5 Å². The zero-order chi connectivity index (χ0) is 11.5. The molecule has 0 atom stereocenters. The van der Waals surface area contributed by atoms with Crippen LogP contribution in [0.2, 0.25) is 0 Å². The molecule has 0 bridgehead atoms. The van der Waals surface area contributed by atoms with Crippen LogP contribution >= 0.6 is 0 Å². The average molecular weight is 229 g/mol. The van der Waals surface area contributed by atoms with Gasteiger partial charge in [0.25, 0.3) is 0 Å². The number of sulfone groups is 1. The largest absolute Gasteiger partial charge is 0.464 e. The number of aromatic nitrogens is 1. The third kappa shape index (κ3) is 3.32. The molecule has 0 fully saturated rings. The fourth-order valence-electron chi connectivity index (χ4n) is 1.12. The van der Waals surface area contributed by atoms with Gasteiger partial charge in [-0.1, -0.05) is 6.07 Å². The number of rotatable bonds is 3. The summed E-state index contributed by atoms with van der Waals surface area (Å²) in [6.45, 7) is 0. The average Bonchev–Trinajstić information content (AvgIpc) is 2.15. The lowest BCUT2D eigenvalue weighted by molar-refractivity contribution is 0.0593. The number of hydrogen-bond donors (Lipinski definition) is 0. The molecule has 6 heteroatoms. The highest BCUT2D eigenvalue weighted by Crippen LogP contribution is 2.10. The van der Waals surface area contributed by atoms with E-state index < -0.39 is 15.8 Å². The van der Waals surface area contributed by atoms with Crippen molar-refractivity contribution in [1.29, 1.82) is 0 Å². The second-order valence-electron chi connectivity index (χ2n) is 3.07. The predicted molar refractivity (Wildman–Crippen MR) is 54.1 cm³/mol. The molecule has 0 N–H and O–H groups in total. The number of carbonyl (C=O) groups is 1. The third-order valence-electron chi connectivity index (χ3n) is 1.69. The normalized spacial score (nSPS) is 11.1. The molecular formula is C9H11NO4S. The first-order valence-electron chi connectivity index (χ1n) is 4.14. The SMILES string of the molecule is COC(=O)c1ncccc1CS(C)(=O)=O. The van der Waals surface area contributed by atoms with Gasteiger partial charge in [0.1, 0.15) is 0 Å². The van der Waals surface area contributed by atoms with Crippen LogP contribution in [0.3, 0.4) is 0 Å². The molecule has 1 aromatic rings. The Morgan fingerprint density at radius 1 is 1.53 bits per heavy atom. The summed E-state index contributed by atoms with van der Waals surface area (Å²) in [5.41, 5.74) is 0.400. The number of methoxy groups -OCH3 is 1. The molecule has 15 heavy (non-hydrogen) atoms. The van der Waals surface area contributed by atoms with Crippen molar-refractivity contribution in [3.8, 4) is 0 Å². The molecule has 0 aliphatic carbocycles. The van der Waals surface area contributed by atoms with E-state index in [1.54, 1.807) is 12.1 Å². The molecule has 0 saturated heterocycles. The van der Waals surface area contributed by atoms with Gasteiger partial charge in [0, 0.05) is 18.0 Å². The van der Waals surface area contributed by atoms with Crippen molar-refractivity contribution in [2.45, 2.75) is 5.75 Å². The van der Waals surface area contributed by atoms with Crippen LogP contribution in [0.5, 0.6) is 0 Å². The highest BCUT2D eigenvalue weighted by molar-refractivity contribution is 7.89. The van der Waals surface area contributed by atoms with E-state index in [1.165, 1.54) is 13.3 Å². The van der Waals surface area contributed by atoms with Crippen LogP contribution in [0.15, 0.2) is 18.3 Å². The fraction of sp³-hybridized carbons (Fsp3) is 0.333. The van der Waals surface area contributed by atoms with E-state index in [2.05, 4.69) is 9.72 Å². The van der Waals surface area contributed by atoms with Crippen LogP contribution in [0.4, 0.5) is 0 Å². The van der Waals surface area contributed by atoms with Crippen molar-refractivity contribution >= 4 is 15.8 Å². The minimum Gasteiger partial charge on any atom is -0.464 e. The molecule has 0 amide bonds. The highest BCUT2D eigenvalue weighted by atomic mass is 32.2. The third-order valence-corrected chi connectivity index (χ3v) is 2.52. The van der Waals surface area contributed by atoms with E-state index >= 15 is 0 Å². The summed E-state index contributed by atoms with van der Waals surface area (Å²) in [4.78, 5) is 15.0. The zero-order valence-electron chi connectivity index (χ0n) is 8.43. The van der Waals surface area contributed by atoms with Gasteiger partial charge in [-0.05, 0) is 6.07 Å². The Hall–Kier alpha value is -1.43. The van der Waals surface area contributed by atoms with Gasteiger partial charge in [-0.3, -0.25) is 0 Å². The molecule has 0 radical (unpaired) electrons. The van der Waals surface area contributed by atoms with E-state index in [0.717, 1.165) is 6.26 Å². The maximum absolute atomic E-state index is 11.2. The first-order chi connectivity index (χ1) is 6.94. The summed E-state index contributed by atoms with van der Waals surface area (Å²) < 4.78 is 26.7. The zero-order valence-corrected chi connectivity index (χ0v) is 9.24. The predicted octanol–water partition coefficient (Wildman–Crippen LogP) is 0.413. The molecular weight excluding hydrogens is 218 g/mol. The Morgan fingerprint density at radius 3 is 2.73 bits per heavy atom. The molecule has 1 aromatic heterocycles. The van der Waals surface area contributed by atoms with Crippen molar-refractivity contribution < 1.29 is 17.9 Å². The van der Waals surface area contributed by atoms with Gasteiger partial charge >= 0.3 is 5.97 Å². The lowest BCUT2D eigenvalue weighted by atomic mass is 10.2. The van der Waals surface area contributed by atoms with E-state index in [-0.39, 0.29) is 11.4 Å². The molecule has 82 valence electrons. The lowest BCUT2D eigenvalue weighted by Crippen LogP contribution is -2.11. The number of carbonyl (C=O) groups excluding carboxylic acids is 1. The van der Waals surface area contributed by atoms with Crippen LogP contribution in [0, 0.1) is 0 Å². The topological polar surface area (TPSA) is 73.3 Å². The summed E-state index contributed by atoms with van der Waals surface area (Å²) in [6.07, 6.45) is 2.51. The Labute approximate surface area is 88.0 Å². The molecule has 0 aliphatic rings. The molecule has 0 spiro atoms. The number of hydrogen-bond acceptors (Lipinski definition) is 5. The second-order valence-corrected chi connectivity index (χ2v) is 5.21. The Balaban J connectivity index is 3.13. The van der Waals surface area contributed by atoms with Gasteiger partial charge < -0.3 is 4.74 Å². The monoisotopic (exact) mass is 229 g/mol. The summed E-state index contributed by atoms with van der Waals surface area (Å²) in [5.74, 6) is -0.847. The highest BCUT2D eigenvalue weighted by Gasteiger charge is 2.16. The number of nitrogens with zero attached hydrogens (tertiary/aromatic N) is 1. The molecule has 5 nitrogen and oxygen atoms in total. The number of pyridine rings is 1. The maximum Gasteiger partial charge on any atom is 0.356 e. The summed E-state index contributed by atoms with van der Waals surface area (Å²) in [6, 6.07) is 3.12. The molecule has 0 aliphatic heterocycles. The van der Waals surface area contributed by atoms with Crippen LogP contribution < -0.4 is 0 Å². The number of esters is 1. The van der Waals surface area contributed by atoms with Crippen LogP contribution in [-0.4, -0.2) is 32.7 Å². The van der Waals surface area contributed by atoms with Gasteiger partial charge in [-0.2, -0.15) is 0 Å². The Bertz CT molecular complexity index is 467. The van der Waals surface area contributed by atoms with Gasteiger partial charge in [0.2, 0.25) is 0 Å². The molecule has 1 heterocycles. The molecule has 0 saturated carbocycles. The van der Waals surface area contributed by atoms with E-state index in [9.17, 15) is 13.2 Å². The minimum atomic E-state index is -3.19. The summed E-state index contributed by atoms with van der Waals surface area (Å²) in [5, 5.41) is 0. The van der Waals surface area contributed by atoms with E-state index in [4.69, 9.17) is 0 Å². The lowest BCUT2D eigenvalue weighted by Gasteiger charge is -2.04. The standard InChI is InChI=1S/C9H11NO4S/c1-14-9(11)8-7(4-3-5-10-8)6-15(2,12)13/h3-5H,6H2,1-2H3. The smallest absolute Gasteiger partial charge is 0.356 e. The quantitative estimate of drug-likeness (QED) is 0.702. The van der Waals surface area contributed by atoms with Gasteiger partial charge in [-0.15, -0.1) is 0 Å². The van der Waals surface area contributed by atoms with Crippen molar-refractivity contribution in [2.24, 2.45) is 0 Å². The summed E-state index contributed by atoms with van der Waals surface area (Å²) in [7, 11) is -1.97. The Morgan fingerprint density at radius 2 is 2.20 bits per heavy atom. The van der Waals surface area contributed by atoms with Gasteiger partial charge in [-0.25, -0.2) is 18.2 Å². The van der Waals surface area contributed by atoms with Crippen LogP contribution in [-0.2, 0) is 20.3 Å². The Kier molecular flexibility index (Phi) is 3.41. The summed E-state index contributed by atoms with van der Waals surface area (Å²) >= 11 is 0. The molecule has 1 rings (SSSR count). The van der Waals surface area contributed by atoms with Crippen molar-refractivity contribution in [3.05, 3.63) is 29.6 Å². The first-order valence-corrected chi connectivity index (χ1v) is 6.20. The second kappa shape index (κ2) is 4.39. The van der Waals surface area contributed by atoms with Crippen molar-refractivity contribution in [1.82, 2.24) is 4.98 Å². The maximum atomic E-state index is 11.2. The molecule has 0 aromatic carbocycles.